The Morgan fingerprint density at radius 3 is 2.47 bits per heavy atom. The van der Waals surface area contributed by atoms with E-state index in [0.717, 1.165) is 18.6 Å². The van der Waals surface area contributed by atoms with E-state index < -0.39 is 0 Å². The molecule has 0 aromatic heterocycles. The molecule has 0 saturated heterocycles. The van der Waals surface area contributed by atoms with Crippen LogP contribution in [0.4, 0.5) is 0 Å². The Labute approximate surface area is 118 Å². The van der Waals surface area contributed by atoms with Crippen molar-refractivity contribution in [2.75, 3.05) is 0 Å². The summed E-state index contributed by atoms with van der Waals surface area (Å²) >= 11 is 5.89. The van der Waals surface area contributed by atoms with E-state index in [4.69, 9.17) is 16.3 Å². The van der Waals surface area contributed by atoms with Gasteiger partial charge < -0.3 is 9.84 Å². The van der Waals surface area contributed by atoms with Gasteiger partial charge in [0.1, 0.15) is 11.5 Å². The van der Waals surface area contributed by atoms with Crippen molar-refractivity contribution in [3.8, 4) is 11.5 Å². The quantitative estimate of drug-likeness (QED) is 0.866. The first-order valence-electron chi connectivity index (χ1n) is 6.39. The predicted molar refractivity (Wildman–Crippen MR) is 77.9 cm³/mol. The minimum Gasteiger partial charge on any atom is -0.457 e. The van der Waals surface area contributed by atoms with Crippen molar-refractivity contribution in [3.63, 3.8) is 0 Å². The molecule has 100 valence electrons. The molecule has 0 fully saturated rings. The van der Waals surface area contributed by atoms with Crippen molar-refractivity contribution in [2.24, 2.45) is 0 Å². The summed E-state index contributed by atoms with van der Waals surface area (Å²) in [5, 5.41) is 9.89. The molecule has 3 heteroatoms. The number of aryl methyl sites for hydroxylation is 1. The molecule has 1 N–H and O–H groups in total. The van der Waals surface area contributed by atoms with E-state index in [1.807, 2.05) is 12.1 Å². The first-order chi connectivity index (χ1) is 9.22. The van der Waals surface area contributed by atoms with Gasteiger partial charge in [-0.15, -0.1) is 0 Å². The van der Waals surface area contributed by atoms with E-state index >= 15 is 0 Å². The third kappa shape index (κ3) is 3.72. The summed E-state index contributed by atoms with van der Waals surface area (Å²) in [7, 11) is 0. The van der Waals surface area contributed by atoms with Gasteiger partial charge in [0.25, 0.3) is 0 Å². The molecule has 2 aromatic carbocycles. The normalized spacial score (nSPS) is 10.5. The third-order valence-corrected chi connectivity index (χ3v) is 3.12. The van der Waals surface area contributed by atoms with Crippen molar-refractivity contribution in [3.05, 3.63) is 58.6 Å². The zero-order valence-corrected chi connectivity index (χ0v) is 11.7. The highest BCUT2D eigenvalue weighted by Gasteiger charge is 2.05. The van der Waals surface area contributed by atoms with Gasteiger partial charge in [-0.05, 0) is 42.3 Å². The van der Waals surface area contributed by atoms with Crippen LogP contribution in [0.15, 0.2) is 42.5 Å². The van der Waals surface area contributed by atoms with E-state index in [9.17, 15) is 5.11 Å². The fourth-order valence-electron chi connectivity index (χ4n) is 1.91. The molecule has 2 nitrogen and oxygen atoms in total. The van der Waals surface area contributed by atoms with Crippen LogP contribution in [0.3, 0.4) is 0 Å². The second kappa shape index (κ2) is 6.60. The van der Waals surface area contributed by atoms with Gasteiger partial charge in [0.15, 0.2) is 0 Å². The highest BCUT2D eigenvalue weighted by molar-refractivity contribution is 6.30. The largest absolute Gasteiger partial charge is 0.457 e. The minimum atomic E-state index is -0.0934. The van der Waals surface area contributed by atoms with Crippen molar-refractivity contribution in [2.45, 2.75) is 26.4 Å². The SMILES string of the molecule is CCCc1ccc(Oc2ccc(Cl)cc2CO)cc1. The lowest BCUT2D eigenvalue weighted by Crippen LogP contribution is -1.92. The number of aliphatic hydroxyl groups is 1. The van der Waals surface area contributed by atoms with Gasteiger partial charge in [-0.1, -0.05) is 37.1 Å². The van der Waals surface area contributed by atoms with Crippen LogP contribution in [-0.2, 0) is 13.0 Å². The molecule has 0 spiro atoms. The van der Waals surface area contributed by atoms with E-state index in [1.54, 1.807) is 18.2 Å². The number of aliphatic hydroxyl groups excluding tert-OH is 1. The Morgan fingerprint density at radius 1 is 1.11 bits per heavy atom. The van der Waals surface area contributed by atoms with Crippen molar-refractivity contribution in [1.29, 1.82) is 0 Å². The summed E-state index contributed by atoms with van der Waals surface area (Å²) in [5.41, 5.74) is 1.98. The molecule has 0 saturated carbocycles. The highest BCUT2D eigenvalue weighted by Crippen LogP contribution is 2.28. The van der Waals surface area contributed by atoms with Crippen molar-refractivity contribution < 1.29 is 9.84 Å². The van der Waals surface area contributed by atoms with Crippen LogP contribution < -0.4 is 4.74 Å². The lowest BCUT2D eigenvalue weighted by Gasteiger charge is -2.10. The molecule has 19 heavy (non-hydrogen) atoms. The van der Waals surface area contributed by atoms with Gasteiger partial charge >= 0.3 is 0 Å². The summed E-state index contributed by atoms with van der Waals surface area (Å²) in [5.74, 6) is 1.40. The Balaban J connectivity index is 2.16. The Morgan fingerprint density at radius 2 is 1.84 bits per heavy atom. The standard InChI is InChI=1S/C16H17ClO2/c1-2-3-12-4-7-15(8-5-12)19-16-9-6-14(17)10-13(16)11-18/h4-10,18H,2-3,11H2,1H3. The average Bonchev–Trinajstić information content (AvgIpc) is 2.43. The molecule has 0 bridgehead atoms. The molecule has 0 amide bonds. The molecule has 2 rings (SSSR count). The van der Waals surface area contributed by atoms with Crippen molar-refractivity contribution >= 4 is 11.6 Å². The fraction of sp³-hybridized carbons (Fsp3) is 0.250. The zero-order chi connectivity index (χ0) is 13.7. The van der Waals surface area contributed by atoms with Gasteiger partial charge in [-0.25, -0.2) is 0 Å². The minimum absolute atomic E-state index is 0.0934. The second-order valence-corrected chi connectivity index (χ2v) is 4.84. The summed E-state index contributed by atoms with van der Waals surface area (Å²) < 4.78 is 5.77. The fourth-order valence-corrected chi connectivity index (χ4v) is 2.11. The lowest BCUT2D eigenvalue weighted by molar-refractivity contribution is 0.276. The molecule has 0 atom stereocenters. The summed E-state index contributed by atoms with van der Waals surface area (Å²) in [4.78, 5) is 0. The first-order valence-corrected chi connectivity index (χ1v) is 6.77. The van der Waals surface area contributed by atoms with E-state index in [0.29, 0.717) is 16.3 Å². The van der Waals surface area contributed by atoms with E-state index in [1.165, 1.54) is 5.56 Å². The Kier molecular flexibility index (Phi) is 4.83. The van der Waals surface area contributed by atoms with Crippen LogP contribution in [0.1, 0.15) is 24.5 Å². The second-order valence-electron chi connectivity index (χ2n) is 4.41. The summed E-state index contributed by atoms with van der Waals surface area (Å²) in [6.45, 7) is 2.06. The molecule has 0 heterocycles. The molecule has 0 aliphatic heterocycles. The zero-order valence-electron chi connectivity index (χ0n) is 10.9. The highest BCUT2D eigenvalue weighted by atomic mass is 35.5. The maximum absolute atomic E-state index is 9.30. The monoisotopic (exact) mass is 276 g/mol. The lowest BCUT2D eigenvalue weighted by atomic mass is 10.1. The topological polar surface area (TPSA) is 29.5 Å². The third-order valence-electron chi connectivity index (χ3n) is 2.88. The maximum Gasteiger partial charge on any atom is 0.133 e. The van der Waals surface area contributed by atoms with Crippen LogP contribution >= 0.6 is 11.6 Å². The molecule has 0 radical (unpaired) electrons. The van der Waals surface area contributed by atoms with Crippen LogP contribution in [0.25, 0.3) is 0 Å². The van der Waals surface area contributed by atoms with Gasteiger partial charge in [-0.3, -0.25) is 0 Å². The number of halogens is 1. The van der Waals surface area contributed by atoms with Crippen LogP contribution in [0.5, 0.6) is 11.5 Å². The number of hydrogen-bond donors (Lipinski definition) is 1. The molecular weight excluding hydrogens is 260 g/mol. The van der Waals surface area contributed by atoms with Crippen LogP contribution in [0, 0.1) is 0 Å². The molecule has 0 aliphatic carbocycles. The van der Waals surface area contributed by atoms with E-state index in [-0.39, 0.29) is 6.61 Å². The Hall–Kier alpha value is -1.51. The smallest absolute Gasteiger partial charge is 0.133 e. The summed E-state index contributed by atoms with van der Waals surface area (Å²) in [6, 6.07) is 13.2. The molecule has 2 aromatic rings. The molecule has 0 unspecified atom stereocenters. The number of ether oxygens (including phenoxy) is 1. The average molecular weight is 277 g/mol. The summed E-state index contributed by atoms with van der Waals surface area (Å²) in [6.07, 6.45) is 2.20. The Bertz CT molecular complexity index is 535. The number of hydrogen-bond acceptors (Lipinski definition) is 2. The van der Waals surface area contributed by atoms with Gasteiger partial charge in [0.2, 0.25) is 0 Å². The van der Waals surface area contributed by atoms with Crippen LogP contribution in [-0.4, -0.2) is 5.11 Å². The van der Waals surface area contributed by atoms with E-state index in [2.05, 4.69) is 19.1 Å². The molecule has 0 aliphatic rings. The number of benzene rings is 2. The van der Waals surface area contributed by atoms with Gasteiger partial charge in [-0.2, -0.15) is 0 Å². The van der Waals surface area contributed by atoms with Gasteiger partial charge in [0.05, 0.1) is 6.61 Å². The van der Waals surface area contributed by atoms with Gasteiger partial charge in [0, 0.05) is 10.6 Å². The first kappa shape index (κ1) is 13.9. The van der Waals surface area contributed by atoms with Crippen molar-refractivity contribution in [1.82, 2.24) is 0 Å². The van der Waals surface area contributed by atoms with Crippen LogP contribution in [0.2, 0.25) is 5.02 Å². The number of rotatable bonds is 5. The molecular formula is C16H17ClO2. The maximum atomic E-state index is 9.30. The predicted octanol–water partition coefficient (Wildman–Crippen LogP) is 4.58.